The molecule has 0 aliphatic carbocycles. The molecule has 86 valence electrons. The molecule has 1 heteroatoms. The van der Waals surface area contributed by atoms with E-state index in [-0.39, 0.29) is 0 Å². The van der Waals surface area contributed by atoms with Crippen LogP contribution in [0.1, 0.15) is 60.3 Å². The van der Waals surface area contributed by atoms with Gasteiger partial charge in [0.1, 0.15) is 0 Å². The second-order valence-corrected chi connectivity index (χ2v) is 4.43. The van der Waals surface area contributed by atoms with Crippen molar-refractivity contribution in [2.24, 2.45) is 5.92 Å². The van der Waals surface area contributed by atoms with Crippen molar-refractivity contribution in [3.8, 4) is 0 Å². The summed E-state index contributed by atoms with van der Waals surface area (Å²) in [6.07, 6.45) is 5.21. The van der Waals surface area contributed by atoms with Gasteiger partial charge in [0, 0.05) is 12.6 Å². The first kappa shape index (κ1) is 14.0. The van der Waals surface area contributed by atoms with Crippen LogP contribution in [-0.2, 0) is 0 Å². The molecular weight excluding hydrogens is 170 g/mol. The van der Waals surface area contributed by atoms with E-state index in [0.29, 0.717) is 0 Å². The Hall–Kier alpha value is -0.0400. The average molecular weight is 199 g/mol. The predicted octanol–water partition coefficient (Wildman–Crippen LogP) is 3.93. The van der Waals surface area contributed by atoms with Crippen LogP contribution in [0, 0.1) is 5.92 Å². The van der Waals surface area contributed by atoms with Gasteiger partial charge in [0.2, 0.25) is 0 Å². The molecule has 0 heterocycles. The molecule has 0 rings (SSSR count). The molecule has 14 heavy (non-hydrogen) atoms. The van der Waals surface area contributed by atoms with Gasteiger partial charge in [-0.3, -0.25) is 0 Å². The molecule has 1 unspecified atom stereocenters. The summed E-state index contributed by atoms with van der Waals surface area (Å²) in [5.41, 5.74) is 0. The van der Waals surface area contributed by atoms with E-state index >= 15 is 0 Å². The van der Waals surface area contributed by atoms with E-state index in [2.05, 4.69) is 39.5 Å². The maximum Gasteiger partial charge on any atom is 0.00644 e. The third-order valence-corrected chi connectivity index (χ3v) is 3.37. The van der Waals surface area contributed by atoms with Crippen LogP contribution < -0.4 is 0 Å². The van der Waals surface area contributed by atoms with Gasteiger partial charge in [0.05, 0.1) is 0 Å². The van der Waals surface area contributed by atoms with Crippen molar-refractivity contribution in [2.45, 2.75) is 66.3 Å². The van der Waals surface area contributed by atoms with Gasteiger partial charge in [-0.15, -0.1) is 0 Å². The first-order chi connectivity index (χ1) is 6.69. The topological polar surface area (TPSA) is 3.24 Å². The molecule has 0 saturated heterocycles. The zero-order valence-corrected chi connectivity index (χ0v) is 10.8. The summed E-state index contributed by atoms with van der Waals surface area (Å²) in [5, 5.41) is 0. The Kier molecular flexibility index (Phi) is 8.26. The highest BCUT2D eigenvalue weighted by atomic mass is 15.1. The molecule has 1 atom stereocenters. The van der Waals surface area contributed by atoms with Crippen molar-refractivity contribution < 1.29 is 0 Å². The molecule has 0 radical (unpaired) electrons. The first-order valence-corrected chi connectivity index (χ1v) is 6.43. The zero-order chi connectivity index (χ0) is 11.0. The van der Waals surface area contributed by atoms with Crippen LogP contribution in [0.4, 0.5) is 0 Å². The summed E-state index contributed by atoms with van der Waals surface area (Å²) in [5.74, 6) is 0.899. The van der Waals surface area contributed by atoms with Gasteiger partial charge in [-0.1, -0.05) is 40.5 Å². The van der Waals surface area contributed by atoms with Crippen molar-refractivity contribution >= 4 is 0 Å². The van der Waals surface area contributed by atoms with Gasteiger partial charge < -0.3 is 4.90 Å². The Morgan fingerprint density at radius 3 is 1.86 bits per heavy atom. The van der Waals surface area contributed by atoms with Gasteiger partial charge in [-0.05, 0) is 32.2 Å². The fourth-order valence-electron chi connectivity index (χ4n) is 1.92. The summed E-state index contributed by atoms with van der Waals surface area (Å²) < 4.78 is 0. The number of nitrogens with zero attached hydrogens (tertiary/aromatic N) is 1. The molecule has 0 aliphatic rings. The fraction of sp³-hybridized carbons (Fsp3) is 1.00. The minimum atomic E-state index is 0.760. The van der Waals surface area contributed by atoms with Gasteiger partial charge in [-0.25, -0.2) is 0 Å². The Morgan fingerprint density at radius 1 is 0.929 bits per heavy atom. The maximum absolute atomic E-state index is 2.66. The Labute approximate surface area is 90.9 Å². The number of rotatable bonds is 8. The zero-order valence-electron chi connectivity index (χ0n) is 10.8. The molecule has 0 aliphatic heterocycles. The average Bonchev–Trinajstić information content (AvgIpc) is 2.23. The van der Waals surface area contributed by atoms with Crippen molar-refractivity contribution in [3.63, 3.8) is 0 Å². The van der Waals surface area contributed by atoms with Crippen LogP contribution in [0.2, 0.25) is 0 Å². The second-order valence-electron chi connectivity index (χ2n) is 4.43. The quantitative estimate of drug-likeness (QED) is 0.572. The van der Waals surface area contributed by atoms with Gasteiger partial charge >= 0.3 is 0 Å². The molecule has 0 aromatic carbocycles. The molecule has 0 aromatic heterocycles. The Balaban J connectivity index is 4.05. The molecule has 0 saturated carbocycles. The van der Waals surface area contributed by atoms with Crippen LogP contribution in [0.3, 0.4) is 0 Å². The molecule has 0 spiro atoms. The standard InChI is InChI=1S/C13H29N/c1-6-10-14(12(5)7-2)11-13(8-3)9-4/h12-13H,6-11H2,1-5H3. The summed E-state index contributed by atoms with van der Waals surface area (Å²) in [6, 6.07) is 0.760. The molecular formula is C13H29N. The summed E-state index contributed by atoms with van der Waals surface area (Å²) >= 11 is 0. The fourth-order valence-corrected chi connectivity index (χ4v) is 1.92. The Bertz CT molecular complexity index is 116. The number of hydrogen-bond acceptors (Lipinski definition) is 1. The summed E-state index contributed by atoms with van der Waals surface area (Å²) in [7, 11) is 0. The monoisotopic (exact) mass is 199 g/mol. The minimum absolute atomic E-state index is 0.760. The molecule has 0 fully saturated rings. The minimum Gasteiger partial charge on any atom is -0.300 e. The van der Waals surface area contributed by atoms with Crippen LogP contribution in [0.25, 0.3) is 0 Å². The highest BCUT2D eigenvalue weighted by Gasteiger charge is 2.14. The van der Waals surface area contributed by atoms with Gasteiger partial charge in [0.25, 0.3) is 0 Å². The van der Waals surface area contributed by atoms with E-state index in [9.17, 15) is 0 Å². The molecule has 0 aromatic rings. The first-order valence-electron chi connectivity index (χ1n) is 6.43. The van der Waals surface area contributed by atoms with E-state index in [1.54, 1.807) is 0 Å². The van der Waals surface area contributed by atoms with Crippen LogP contribution in [0.5, 0.6) is 0 Å². The summed E-state index contributed by atoms with van der Waals surface area (Å²) in [4.78, 5) is 2.66. The van der Waals surface area contributed by atoms with E-state index in [4.69, 9.17) is 0 Å². The summed E-state index contributed by atoms with van der Waals surface area (Å²) in [6.45, 7) is 14.1. The van der Waals surface area contributed by atoms with E-state index in [0.717, 1.165) is 12.0 Å². The van der Waals surface area contributed by atoms with E-state index in [1.165, 1.54) is 38.8 Å². The maximum atomic E-state index is 2.66. The largest absolute Gasteiger partial charge is 0.300 e. The molecule has 0 bridgehead atoms. The SMILES string of the molecule is CCCN(CC(CC)CC)C(C)CC. The lowest BCUT2D eigenvalue weighted by Gasteiger charge is -2.31. The van der Waals surface area contributed by atoms with Gasteiger partial charge in [-0.2, -0.15) is 0 Å². The third-order valence-electron chi connectivity index (χ3n) is 3.37. The highest BCUT2D eigenvalue weighted by Crippen LogP contribution is 2.13. The molecule has 0 amide bonds. The second kappa shape index (κ2) is 8.28. The lowest BCUT2D eigenvalue weighted by molar-refractivity contribution is 0.168. The van der Waals surface area contributed by atoms with Crippen LogP contribution in [0.15, 0.2) is 0 Å². The van der Waals surface area contributed by atoms with Crippen LogP contribution in [-0.4, -0.2) is 24.0 Å². The van der Waals surface area contributed by atoms with E-state index in [1.807, 2.05) is 0 Å². The lowest BCUT2D eigenvalue weighted by atomic mass is 10.0. The highest BCUT2D eigenvalue weighted by molar-refractivity contribution is 4.69. The van der Waals surface area contributed by atoms with E-state index < -0.39 is 0 Å². The third kappa shape index (κ3) is 4.99. The molecule has 1 nitrogen and oxygen atoms in total. The lowest BCUT2D eigenvalue weighted by Crippen LogP contribution is -2.37. The van der Waals surface area contributed by atoms with Crippen LogP contribution >= 0.6 is 0 Å². The van der Waals surface area contributed by atoms with Crippen molar-refractivity contribution in [1.29, 1.82) is 0 Å². The Morgan fingerprint density at radius 2 is 1.50 bits per heavy atom. The number of hydrogen-bond donors (Lipinski definition) is 0. The van der Waals surface area contributed by atoms with Crippen molar-refractivity contribution in [3.05, 3.63) is 0 Å². The van der Waals surface area contributed by atoms with Crippen molar-refractivity contribution in [2.75, 3.05) is 13.1 Å². The van der Waals surface area contributed by atoms with Gasteiger partial charge in [0.15, 0.2) is 0 Å². The van der Waals surface area contributed by atoms with Crippen molar-refractivity contribution in [1.82, 2.24) is 4.90 Å². The predicted molar refractivity (Wildman–Crippen MR) is 65.7 cm³/mol. The normalized spacial score (nSPS) is 13.9. The smallest absolute Gasteiger partial charge is 0.00644 e. The molecule has 0 N–H and O–H groups in total.